The monoisotopic (exact) mass is 1190 g/mol. The first-order valence-corrected chi connectivity index (χ1v) is 35.0. The van der Waals surface area contributed by atoms with Crippen LogP contribution in [0.5, 0.6) is 0 Å². The summed E-state index contributed by atoms with van der Waals surface area (Å²) in [5.41, 5.74) is 31.1. The molecule has 1 fully saturated rings. The van der Waals surface area contributed by atoms with E-state index in [1.54, 1.807) is 0 Å². The molecule has 2 atom stereocenters. The molecule has 0 saturated heterocycles. The van der Waals surface area contributed by atoms with E-state index < -0.39 is 0 Å². The van der Waals surface area contributed by atoms with Gasteiger partial charge >= 0.3 is 0 Å². The normalized spacial score (nSPS) is 24.1. The molecule has 7 aromatic carbocycles. The fourth-order valence-electron chi connectivity index (χ4n) is 19.1. The van der Waals surface area contributed by atoms with E-state index in [0.29, 0.717) is 0 Å². The maximum atomic E-state index is 5.44. The minimum atomic E-state index is -0.174. The van der Waals surface area contributed by atoms with E-state index in [2.05, 4.69) is 271 Å². The Kier molecular flexibility index (Phi) is 11.9. The Bertz CT molecular complexity index is 4450. The van der Waals surface area contributed by atoms with Crippen molar-refractivity contribution >= 4 is 89.5 Å². The van der Waals surface area contributed by atoms with Crippen LogP contribution in [0.3, 0.4) is 0 Å². The van der Waals surface area contributed by atoms with Crippen molar-refractivity contribution in [2.45, 2.75) is 231 Å². The molecule has 1 saturated carbocycles. The second kappa shape index (κ2) is 18.4. The lowest BCUT2D eigenvalue weighted by molar-refractivity contribution is 0.195. The molecule has 0 radical (unpaired) electrons. The van der Waals surface area contributed by atoms with Crippen molar-refractivity contribution in [2.24, 2.45) is 0 Å². The maximum absolute atomic E-state index is 5.44. The van der Waals surface area contributed by atoms with Crippen molar-refractivity contribution < 1.29 is 0 Å². The van der Waals surface area contributed by atoms with E-state index in [-0.39, 0.29) is 55.6 Å². The first kappa shape index (κ1) is 57.6. The van der Waals surface area contributed by atoms with Gasteiger partial charge in [-0.3, -0.25) is 0 Å². The summed E-state index contributed by atoms with van der Waals surface area (Å²) >= 11 is 2.08. The van der Waals surface area contributed by atoms with Gasteiger partial charge in [-0.15, -0.1) is 11.3 Å². The van der Waals surface area contributed by atoms with Gasteiger partial charge in [0, 0.05) is 65.5 Å². The summed E-state index contributed by atoms with van der Waals surface area (Å²) in [6.45, 7) is 47.8. The van der Waals surface area contributed by atoms with E-state index in [9.17, 15) is 0 Å². The first-order chi connectivity index (χ1) is 41.9. The summed E-state index contributed by atoms with van der Waals surface area (Å²) in [7, 11) is 0. The average molecular weight is 1190 g/mol. The van der Waals surface area contributed by atoms with Crippen molar-refractivity contribution in [2.75, 3.05) is 14.7 Å². The Labute approximate surface area is 537 Å². The predicted molar refractivity (Wildman–Crippen MR) is 385 cm³/mol. The van der Waals surface area contributed by atoms with Crippen LogP contribution in [0.2, 0.25) is 0 Å². The van der Waals surface area contributed by atoms with Gasteiger partial charge in [-0.25, -0.2) is 0 Å². The third kappa shape index (κ3) is 7.88. The fraction of sp³-hybridized carbons (Fsp3) is 0.429. The molecule has 0 amide bonds. The molecular formula is C84H94BN3S. The standard InChI is InChI=1S/C84H94BN3S/c1-50-55-46-62-63(80(11,12)39-38-79(62,9)10)47-57(55)73-71(50)85-72-68(86(53-31-32-59-61(43-53)78(7,8)37-36-77(59,5)6)74-58-48-64-65(49-70(58)89-75(74)85)82(15,16)41-40-81(64,13)14)44-54(88-67-29-23-22-28-60(67)83(17)34-24-25-35-84(83,88)18)45-69(72)87(73)66-33-30-52(76(2,3)4)42-56(66)51-26-20-19-21-27-51/h19-23,26-33,42-49H,1,24-25,34-41H2,2-18H3. The summed E-state index contributed by atoms with van der Waals surface area (Å²) in [5.74, 6) is 0. The molecule has 2 unspecified atom stereocenters. The number of anilines is 7. The third-order valence-corrected chi connectivity index (χ3v) is 26.5. The lowest BCUT2D eigenvalue weighted by Crippen LogP contribution is -2.56. The third-order valence-electron chi connectivity index (χ3n) is 25.3. The van der Waals surface area contributed by atoms with E-state index in [4.69, 9.17) is 6.58 Å². The minimum Gasteiger partial charge on any atom is -0.334 e. The van der Waals surface area contributed by atoms with Crippen molar-refractivity contribution in [3.63, 3.8) is 0 Å². The van der Waals surface area contributed by atoms with Crippen LogP contribution in [-0.4, -0.2) is 12.3 Å². The average Bonchev–Trinajstić information content (AvgIpc) is 1.53. The highest BCUT2D eigenvalue weighted by molar-refractivity contribution is 7.33. The van der Waals surface area contributed by atoms with Crippen LogP contribution in [0, 0.1) is 0 Å². The van der Waals surface area contributed by atoms with Gasteiger partial charge in [0.25, 0.3) is 6.71 Å². The van der Waals surface area contributed by atoms with Crippen LogP contribution in [-0.2, 0) is 43.3 Å². The Morgan fingerprint density at radius 3 is 1.64 bits per heavy atom. The van der Waals surface area contributed by atoms with Gasteiger partial charge in [-0.2, -0.15) is 0 Å². The van der Waals surface area contributed by atoms with Crippen LogP contribution < -0.4 is 24.9 Å². The summed E-state index contributed by atoms with van der Waals surface area (Å²) < 4.78 is 2.83. The first-order valence-electron chi connectivity index (χ1n) is 34.1. The largest absolute Gasteiger partial charge is 0.334 e. The van der Waals surface area contributed by atoms with Gasteiger partial charge in [-0.05, 0) is 235 Å². The highest BCUT2D eigenvalue weighted by atomic mass is 32.1. The molecule has 16 rings (SSSR count). The Balaban J connectivity index is 1.10. The highest BCUT2D eigenvalue weighted by Crippen LogP contribution is 2.65. The predicted octanol–water partition coefficient (Wildman–Crippen LogP) is 22.2. The molecule has 89 heavy (non-hydrogen) atoms. The molecule has 0 bridgehead atoms. The van der Waals surface area contributed by atoms with Crippen molar-refractivity contribution in [3.05, 3.63) is 195 Å². The SMILES string of the molecule is C=C1C2=C(c3cc4c(cc31)C(C)(C)CCC4(C)C)N(c1ccc(C(C)(C)C)cc1-c1ccccc1)c1cc(N3c4ccccc4C4(C)CCCCC34C)cc3c1B2c1sc2cc4c(cc2c1N3c1ccc2c(c1)C(C)(C)CCC2(C)C)C(C)(C)CCC4(C)C. The van der Waals surface area contributed by atoms with Crippen LogP contribution in [0.15, 0.2) is 139 Å². The summed E-state index contributed by atoms with van der Waals surface area (Å²) in [6, 6.07) is 52.3. The zero-order valence-corrected chi connectivity index (χ0v) is 57.5. The zero-order chi connectivity index (χ0) is 62.4. The van der Waals surface area contributed by atoms with Gasteiger partial charge < -0.3 is 14.7 Å². The van der Waals surface area contributed by atoms with E-state index in [1.807, 2.05) is 0 Å². The smallest absolute Gasteiger partial charge is 0.265 e. The summed E-state index contributed by atoms with van der Waals surface area (Å²) in [4.78, 5) is 8.52. The molecule has 5 aliphatic carbocycles. The highest BCUT2D eigenvalue weighted by Gasteiger charge is 2.59. The van der Waals surface area contributed by atoms with Crippen LogP contribution in [0.1, 0.15) is 238 Å². The molecule has 8 aliphatic rings. The number of hydrogen-bond donors (Lipinski definition) is 0. The number of nitrogens with zero attached hydrogens (tertiary/aromatic N) is 3. The number of rotatable bonds is 4. The molecule has 8 aromatic rings. The zero-order valence-electron chi connectivity index (χ0n) is 56.7. The van der Waals surface area contributed by atoms with Gasteiger partial charge in [0.1, 0.15) is 0 Å². The molecule has 1 aromatic heterocycles. The van der Waals surface area contributed by atoms with E-state index in [0.717, 1.165) is 25.7 Å². The molecule has 0 N–H and O–H groups in total. The second-order valence-electron chi connectivity index (χ2n) is 34.4. The Morgan fingerprint density at radius 1 is 0.449 bits per heavy atom. The van der Waals surface area contributed by atoms with Gasteiger partial charge in [0.15, 0.2) is 0 Å². The van der Waals surface area contributed by atoms with Crippen molar-refractivity contribution in [3.8, 4) is 11.1 Å². The quantitative estimate of drug-likeness (QED) is 0.163. The number of thiophene rings is 1. The molecular weight excluding hydrogens is 1090 g/mol. The number of allylic oxidation sites excluding steroid dienone is 2. The lowest BCUT2D eigenvalue weighted by Gasteiger charge is -2.51. The fourth-order valence-corrected chi connectivity index (χ4v) is 20.4. The van der Waals surface area contributed by atoms with E-state index in [1.165, 1.54) is 182 Å². The lowest BCUT2D eigenvalue weighted by atomic mass is 9.35. The van der Waals surface area contributed by atoms with Gasteiger partial charge in [0.05, 0.1) is 16.9 Å². The van der Waals surface area contributed by atoms with Crippen molar-refractivity contribution in [1.29, 1.82) is 0 Å². The number of benzene rings is 7. The second-order valence-corrected chi connectivity index (χ2v) is 35.5. The minimum absolute atomic E-state index is 0.000370. The molecule has 4 heterocycles. The molecule has 0 spiro atoms. The van der Waals surface area contributed by atoms with E-state index >= 15 is 0 Å². The topological polar surface area (TPSA) is 9.72 Å². The van der Waals surface area contributed by atoms with Gasteiger partial charge in [-0.1, -0.05) is 191 Å². The summed E-state index contributed by atoms with van der Waals surface area (Å²) in [5, 5.41) is 1.39. The Morgan fingerprint density at radius 2 is 1.00 bits per heavy atom. The number of hydrogen-bond acceptors (Lipinski definition) is 4. The van der Waals surface area contributed by atoms with Crippen LogP contribution in [0.25, 0.3) is 32.5 Å². The number of para-hydroxylation sites is 1. The maximum Gasteiger partial charge on any atom is 0.265 e. The molecule has 454 valence electrons. The van der Waals surface area contributed by atoms with Crippen LogP contribution in [0.4, 0.5) is 39.8 Å². The molecule has 5 heteroatoms. The molecule has 3 aliphatic heterocycles. The number of fused-ring (bicyclic) bond motifs is 13. The summed E-state index contributed by atoms with van der Waals surface area (Å²) in [6.07, 6.45) is 11.7. The Hall–Kier alpha value is -6.56. The van der Waals surface area contributed by atoms with Crippen molar-refractivity contribution in [1.82, 2.24) is 0 Å². The molecule has 3 nitrogen and oxygen atoms in total. The van der Waals surface area contributed by atoms with Gasteiger partial charge in [0.2, 0.25) is 0 Å². The van der Waals surface area contributed by atoms with Crippen LogP contribution >= 0.6 is 11.3 Å².